The van der Waals surface area contributed by atoms with Crippen LogP contribution in [0.2, 0.25) is 0 Å². The third-order valence-electron chi connectivity index (χ3n) is 4.05. The van der Waals surface area contributed by atoms with E-state index in [4.69, 9.17) is 51.8 Å². The number of halogens is 3. The zero-order valence-corrected chi connectivity index (χ0v) is 20.0. The monoisotopic (exact) mass is 501 g/mol. The first kappa shape index (κ1) is 25.2. The van der Waals surface area contributed by atoms with E-state index in [1.165, 1.54) is 0 Å². The van der Waals surface area contributed by atoms with Crippen LogP contribution in [0.3, 0.4) is 0 Å². The van der Waals surface area contributed by atoms with Crippen LogP contribution in [0.4, 0.5) is 5.69 Å². The molecule has 3 N–H and O–H groups in total. The summed E-state index contributed by atoms with van der Waals surface area (Å²) in [6.07, 6.45) is -0.955. The summed E-state index contributed by atoms with van der Waals surface area (Å²) in [5, 5.41) is 8.46. The number of thiocarbonyl (C=S) groups is 1. The minimum Gasteiger partial charge on any atom is -0.462 e. The number of alkyl halides is 3. The fourth-order valence-electron chi connectivity index (χ4n) is 2.51. The molecule has 0 heterocycles. The molecule has 0 aliphatic heterocycles. The largest absolute Gasteiger partial charge is 0.462 e. The Morgan fingerprint density at radius 2 is 1.65 bits per heavy atom. The number of ether oxygens (including phenoxy) is 1. The molecule has 1 atom stereocenters. The number of anilines is 1. The SMILES string of the molecule is CCOC(=O)c1ccc(NC(=S)NC(NC(=O)Cc2ccc(C)cc2)C(Cl)(Cl)Cl)cc1. The minimum atomic E-state index is -1.86. The second-order valence-electron chi connectivity index (χ2n) is 6.60. The normalized spacial score (nSPS) is 11.9. The average molecular weight is 503 g/mol. The molecule has 0 bridgehead atoms. The van der Waals surface area contributed by atoms with Crippen LogP contribution in [-0.2, 0) is 16.0 Å². The van der Waals surface area contributed by atoms with E-state index < -0.39 is 15.9 Å². The van der Waals surface area contributed by atoms with Crippen LogP contribution in [0.5, 0.6) is 0 Å². The van der Waals surface area contributed by atoms with Crippen molar-refractivity contribution in [3.8, 4) is 0 Å². The van der Waals surface area contributed by atoms with E-state index in [1.807, 2.05) is 31.2 Å². The minimum absolute atomic E-state index is 0.120. The lowest BCUT2D eigenvalue weighted by atomic mass is 10.1. The molecule has 0 aliphatic rings. The van der Waals surface area contributed by atoms with Crippen LogP contribution in [0.15, 0.2) is 48.5 Å². The Labute approximate surface area is 201 Å². The number of rotatable bonds is 7. The number of amides is 1. The molecule has 0 fully saturated rings. The first-order chi connectivity index (χ1) is 14.6. The topological polar surface area (TPSA) is 79.5 Å². The Kier molecular flexibility index (Phi) is 9.37. The van der Waals surface area contributed by atoms with Crippen molar-refractivity contribution < 1.29 is 14.3 Å². The molecule has 6 nitrogen and oxygen atoms in total. The molecule has 0 spiro atoms. The smallest absolute Gasteiger partial charge is 0.338 e. The van der Waals surface area contributed by atoms with Gasteiger partial charge >= 0.3 is 5.97 Å². The van der Waals surface area contributed by atoms with Gasteiger partial charge < -0.3 is 20.7 Å². The standard InChI is InChI=1S/C21H22Cl3N3O3S/c1-3-30-18(29)15-8-10-16(11-9-15)25-20(31)27-19(21(22,23)24)26-17(28)12-14-6-4-13(2)5-7-14/h4-11,19H,3,12H2,1-2H3,(H,26,28)(H2,25,27,31). The maximum Gasteiger partial charge on any atom is 0.338 e. The summed E-state index contributed by atoms with van der Waals surface area (Å²) in [7, 11) is 0. The second kappa shape index (κ2) is 11.5. The highest BCUT2D eigenvalue weighted by Gasteiger charge is 2.34. The van der Waals surface area contributed by atoms with Gasteiger partial charge in [0.05, 0.1) is 18.6 Å². The number of aryl methyl sites for hydroxylation is 1. The summed E-state index contributed by atoms with van der Waals surface area (Å²) in [5.74, 6) is -0.753. The van der Waals surface area contributed by atoms with Gasteiger partial charge in [-0.2, -0.15) is 0 Å². The van der Waals surface area contributed by atoms with Crippen LogP contribution in [0.25, 0.3) is 0 Å². The van der Waals surface area contributed by atoms with Gasteiger partial charge in [0.2, 0.25) is 9.70 Å². The Hall–Kier alpha value is -2.06. The molecule has 2 rings (SSSR count). The van der Waals surface area contributed by atoms with Crippen molar-refractivity contribution in [2.45, 2.75) is 30.2 Å². The van der Waals surface area contributed by atoms with Crippen LogP contribution >= 0.6 is 47.0 Å². The van der Waals surface area contributed by atoms with E-state index >= 15 is 0 Å². The number of esters is 1. The molecule has 0 saturated carbocycles. The summed E-state index contributed by atoms with van der Waals surface area (Å²) in [4.78, 5) is 24.1. The number of benzene rings is 2. The molecule has 1 amide bonds. The highest BCUT2D eigenvalue weighted by Crippen LogP contribution is 2.29. The molecular formula is C21H22Cl3N3O3S. The fourth-order valence-corrected chi connectivity index (χ4v) is 3.07. The van der Waals surface area contributed by atoms with Gasteiger partial charge in [0, 0.05) is 5.69 Å². The van der Waals surface area contributed by atoms with Gasteiger partial charge in [-0.15, -0.1) is 0 Å². The summed E-state index contributed by atoms with van der Waals surface area (Å²) in [6, 6.07) is 14.1. The van der Waals surface area contributed by atoms with Crippen LogP contribution in [-0.4, -0.2) is 33.6 Å². The third-order valence-corrected chi connectivity index (χ3v) is 4.92. The van der Waals surface area contributed by atoms with Crippen LogP contribution in [0, 0.1) is 6.92 Å². The predicted molar refractivity (Wildman–Crippen MR) is 129 cm³/mol. The molecule has 0 aliphatic carbocycles. The predicted octanol–water partition coefficient (Wildman–Crippen LogP) is 4.51. The van der Waals surface area contributed by atoms with E-state index in [9.17, 15) is 9.59 Å². The lowest BCUT2D eigenvalue weighted by Crippen LogP contribution is -2.56. The van der Waals surface area contributed by atoms with Gasteiger partial charge in [0.1, 0.15) is 6.17 Å². The Morgan fingerprint density at radius 1 is 1.03 bits per heavy atom. The van der Waals surface area contributed by atoms with E-state index in [-0.39, 0.29) is 17.4 Å². The molecule has 0 aromatic heterocycles. The van der Waals surface area contributed by atoms with Gasteiger partial charge in [-0.05, 0) is 55.9 Å². The molecule has 0 saturated heterocycles. The summed E-state index contributed by atoms with van der Waals surface area (Å²) in [6.45, 7) is 3.99. The average Bonchev–Trinajstić information content (AvgIpc) is 2.69. The highest BCUT2D eigenvalue weighted by atomic mass is 35.6. The first-order valence-corrected chi connectivity index (χ1v) is 10.9. The van der Waals surface area contributed by atoms with Gasteiger partial charge in [-0.1, -0.05) is 64.6 Å². The first-order valence-electron chi connectivity index (χ1n) is 9.35. The lowest BCUT2D eigenvalue weighted by Gasteiger charge is -2.27. The molecule has 10 heteroatoms. The van der Waals surface area contributed by atoms with Gasteiger partial charge in [-0.25, -0.2) is 4.79 Å². The van der Waals surface area contributed by atoms with E-state index in [0.717, 1.165) is 11.1 Å². The number of hydrogen-bond acceptors (Lipinski definition) is 4. The molecule has 31 heavy (non-hydrogen) atoms. The van der Waals surface area contributed by atoms with Crippen molar-refractivity contribution in [3.63, 3.8) is 0 Å². The maximum atomic E-state index is 12.4. The number of carbonyl (C=O) groups excluding carboxylic acids is 2. The molecule has 2 aromatic carbocycles. The van der Waals surface area contributed by atoms with E-state index in [0.29, 0.717) is 17.9 Å². The molecule has 166 valence electrons. The van der Waals surface area contributed by atoms with Gasteiger partial charge in [0.25, 0.3) is 0 Å². The number of hydrogen-bond donors (Lipinski definition) is 3. The second-order valence-corrected chi connectivity index (χ2v) is 9.38. The number of carbonyl (C=O) groups is 2. The highest BCUT2D eigenvalue weighted by molar-refractivity contribution is 7.80. The Morgan fingerprint density at radius 3 is 2.19 bits per heavy atom. The van der Waals surface area contributed by atoms with Crippen molar-refractivity contribution in [1.82, 2.24) is 10.6 Å². The fraction of sp³-hybridized carbons (Fsp3) is 0.286. The zero-order valence-electron chi connectivity index (χ0n) is 16.9. The van der Waals surface area contributed by atoms with Crippen molar-refractivity contribution in [1.29, 1.82) is 0 Å². The zero-order chi connectivity index (χ0) is 23.0. The molecule has 2 aromatic rings. The molecule has 0 radical (unpaired) electrons. The van der Waals surface area contributed by atoms with Crippen molar-refractivity contribution in [2.24, 2.45) is 0 Å². The summed E-state index contributed by atoms with van der Waals surface area (Å²) in [5.41, 5.74) is 2.93. The van der Waals surface area contributed by atoms with E-state index in [1.54, 1.807) is 31.2 Å². The summed E-state index contributed by atoms with van der Waals surface area (Å²) < 4.78 is 3.08. The van der Waals surface area contributed by atoms with E-state index in [2.05, 4.69) is 16.0 Å². The molecular weight excluding hydrogens is 481 g/mol. The molecule has 1 unspecified atom stereocenters. The summed E-state index contributed by atoms with van der Waals surface area (Å²) >= 11 is 23.3. The van der Waals surface area contributed by atoms with Crippen molar-refractivity contribution in [3.05, 3.63) is 65.2 Å². The Balaban J connectivity index is 1.97. The third kappa shape index (κ3) is 8.53. The number of nitrogens with one attached hydrogen (secondary N) is 3. The van der Waals surface area contributed by atoms with Crippen molar-refractivity contribution in [2.75, 3.05) is 11.9 Å². The maximum absolute atomic E-state index is 12.4. The Bertz CT molecular complexity index is 916. The quantitative estimate of drug-likeness (QED) is 0.224. The van der Waals surface area contributed by atoms with Crippen LogP contribution < -0.4 is 16.0 Å². The van der Waals surface area contributed by atoms with Gasteiger partial charge in [0.15, 0.2) is 5.11 Å². The van der Waals surface area contributed by atoms with Crippen LogP contribution in [0.1, 0.15) is 28.4 Å². The lowest BCUT2D eigenvalue weighted by molar-refractivity contribution is -0.121. The van der Waals surface area contributed by atoms with Gasteiger partial charge in [-0.3, -0.25) is 4.79 Å². The van der Waals surface area contributed by atoms with Crippen molar-refractivity contribution >= 4 is 69.7 Å².